The van der Waals surface area contributed by atoms with Crippen molar-refractivity contribution in [3.63, 3.8) is 0 Å². The highest BCUT2D eigenvalue weighted by atomic mass is 16.3. The summed E-state index contributed by atoms with van der Waals surface area (Å²) in [5, 5.41) is 16.8. The van der Waals surface area contributed by atoms with Crippen LogP contribution in [0.1, 0.15) is 39.0 Å². The molecule has 84 valence electrons. The lowest BCUT2D eigenvalue weighted by molar-refractivity contribution is 0.0106. The van der Waals surface area contributed by atoms with Crippen molar-refractivity contribution < 1.29 is 5.11 Å². The molecule has 1 heterocycles. The van der Waals surface area contributed by atoms with Crippen LogP contribution in [0.5, 0.6) is 0 Å². The Morgan fingerprint density at radius 3 is 2.93 bits per heavy atom. The molecule has 0 bridgehead atoms. The zero-order valence-corrected chi connectivity index (χ0v) is 9.47. The molecule has 3 heteroatoms. The summed E-state index contributed by atoms with van der Waals surface area (Å²) in [5.41, 5.74) is -0.562. The van der Waals surface area contributed by atoms with Gasteiger partial charge in [0.25, 0.3) is 0 Å². The summed E-state index contributed by atoms with van der Waals surface area (Å²) >= 11 is 0. The van der Waals surface area contributed by atoms with Gasteiger partial charge >= 0.3 is 0 Å². The highest BCUT2D eigenvalue weighted by molar-refractivity contribution is 4.89. The summed E-state index contributed by atoms with van der Waals surface area (Å²) < 4.78 is 0. The molecule has 1 aliphatic rings. The van der Waals surface area contributed by atoms with Crippen LogP contribution in [0.3, 0.4) is 0 Å². The van der Waals surface area contributed by atoms with Crippen LogP contribution < -0.4 is 10.6 Å². The third kappa shape index (κ3) is 3.56. The van der Waals surface area contributed by atoms with Gasteiger partial charge in [0.2, 0.25) is 0 Å². The van der Waals surface area contributed by atoms with E-state index in [9.17, 15) is 5.11 Å². The van der Waals surface area contributed by atoms with Crippen LogP contribution in [0, 0.1) is 0 Å². The Morgan fingerprint density at radius 1 is 1.43 bits per heavy atom. The van der Waals surface area contributed by atoms with Gasteiger partial charge in [0.15, 0.2) is 0 Å². The Kier molecular flexibility index (Phi) is 4.85. The van der Waals surface area contributed by atoms with E-state index in [1.54, 1.807) is 0 Å². The minimum Gasteiger partial charge on any atom is -0.389 e. The molecule has 1 rings (SSSR count). The number of nitrogens with one attached hydrogen (secondary N) is 2. The van der Waals surface area contributed by atoms with Crippen LogP contribution in [-0.2, 0) is 0 Å². The molecule has 1 aliphatic heterocycles. The maximum Gasteiger partial charge on any atom is 0.0784 e. The van der Waals surface area contributed by atoms with Crippen molar-refractivity contribution in [2.75, 3.05) is 20.1 Å². The smallest absolute Gasteiger partial charge is 0.0784 e. The molecule has 0 aromatic carbocycles. The van der Waals surface area contributed by atoms with E-state index in [4.69, 9.17) is 0 Å². The van der Waals surface area contributed by atoms with Crippen molar-refractivity contribution in [3.05, 3.63) is 0 Å². The van der Waals surface area contributed by atoms with E-state index >= 15 is 0 Å². The fraction of sp³-hybridized carbons (Fsp3) is 1.00. The first-order chi connectivity index (χ1) is 6.67. The third-order valence-corrected chi connectivity index (χ3v) is 3.19. The number of hydrogen-bond donors (Lipinski definition) is 3. The fourth-order valence-electron chi connectivity index (χ4n) is 2.11. The highest BCUT2D eigenvalue weighted by Gasteiger charge is 2.31. The SMILES string of the molecule is CNCCC(C)(O)C1CCCCCN1. The van der Waals surface area contributed by atoms with Gasteiger partial charge in [-0.3, -0.25) is 0 Å². The minimum absolute atomic E-state index is 0.276. The zero-order valence-electron chi connectivity index (χ0n) is 9.47. The first kappa shape index (κ1) is 12.0. The van der Waals surface area contributed by atoms with Crippen molar-refractivity contribution >= 4 is 0 Å². The van der Waals surface area contributed by atoms with Gasteiger partial charge in [-0.25, -0.2) is 0 Å². The third-order valence-electron chi connectivity index (χ3n) is 3.19. The van der Waals surface area contributed by atoms with E-state index in [0.717, 1.165) is 25.9 Å². The first-order valence-corrected chi connectivity index (χ1v) is 5.77. The molecule has 2 unspecified atom stereocenters. The topological polar surface area (TPSA) is 44.3 Å². The minimum atomic E-state index is -0.562. The maximum atomic E-state index is 10.3. The molecule has 0 aromatic rings. The molecule has 3 N–H and O–H groups in total. The molecule has 1 saturated heterocycles. The monoisotopic (exact) mass is 200 g/mol. The predicted octanol–water partition coefficient (Wildman–Crippen LogP) is 0.879. The molecular weight excluding hydrogens is 176 g/mol. The van der Waals surface area contributed by atoms with Crippen LogP contribution in [0.4, 0.5) is 0 Å². The van der Waals surface area contributed by atoms with E-state index in [1.807, 2.05) is 14.0 Å². The Hall–Kier alpha value is -0.120. The van der Waals surface area contributed by atoms with Gasteiger partial charge < -0.3 is 15.7 Å². The van der Waals surface area contributed by atoms with Gasteiger partial charge in [-0.05, 0) is 46.3 Å². The van der Waals surface area contributed by atoms with Gasteiger partial charge in [0.05, 0.1) is 5.60 Å². The molecular formula is C11H24N2O. The summed E-state index contributed by atoms with van der Waals surface area (Å²) in [7, 11) is 1.93. The number of aliphatic hydroxyl groups is 1. The lowest BCUT2D eigenvalue weighted by Gasteiger charge is -2.33. The van der Waals surface area contributed by atoms with Crippen molar-refractivity contribution in [3.8, 4) is 0 Å². The maximum absolute atomic E-state index is 10.3. The summed E-state index contributed by atoms with van der Waals surface area (Å²) in [6.07, 6.45) is 5.72. The molecule has 0 aromatic heterocycles. The quantitative estimate of drug-likeness (QED) is 0.631. The molecule has 0 amide bonds. The molecule has 0 spiro atoms. The Morgan fingerprint density at radius 2 is 2.21 bits per heavy atom. The molecule has 1 fully saturated rings. The van der Waals surface area contributed by atoms with Crippen molar-refractivity contribution in [2.24, 2.45) is 0 Å². The van der Waals surface area contributed by atoms with Crippen molar-refractivity contribution in [1.29, 1.82) is 0 Å². The second kappa shape index (κ2) is 5.69. The lowest BCUT2D eigenvalue weighted by atomic mass is 9.89. The van der Waals surface area contributed by atoms with Crippen molar-refractivity contribution in [2.45, 2.75) is 50.7 Å². The molecule has 0 radical (unpaired) electrons. The number of hydrogen-bond acceptors (Lipinski definition) is 3. The molecule has 0 saturated carbocycles. The van der Waals surface area contributed by atoms with E-state index in [2.05, 4.69) is 10.6 Å². The van der Waals surface area contributed by atoms with Crippen LogP contribution in [0.2, 0.25) is 0 Å². The molecule has 0 aliphatic carbocycles. The van der Waals surface area contributed by atoms with E-state index in [1.165, 1.54) is 19.3 Å². The van der Waals surface area contributed by atoms with Crippen LogP contribution in [0.25, 0.3) is 0 Å². The standard InChI is InChI=1S/C11H24N2O/c1-11(14,7-9-12-2)10-6-4-3-5-8-13-10/h10,12-14H,3-9H2,1-2H3. The van der Waals surface area contributed by atoms with Crippen molar-refractivity contribution in [1.82, 2.24) is 10.6 Å². The largest absolute Gasteiger partial charge is 0.389 e. The average Bonchev–Trinajstić information content (AvgIpc) is 2.43. The first-order valence-electron chi connectivity index (χ1n) is 5.77. The summed E-state index contributed by atoms with van der Waals surface area (Å²) in [6, 6.07) is 0.276. The second-order valence-corrected chi connectivity index (χ2v) is 4.57. The van der Waals surface area contributed by atoms with Crippen LogP contribution in [0.15, 0.2) is 0 Å². The summed E-state index contributed by atoms with van der Waals surface area (Å²) in [6.45, 7) is 3.89. The summed E-state index contributed by atoms with van der Waals surface area (Å²) in [4.78, 5) is 0. The molecule has 3 nitrogen and oxygen atoms in total. The Labute approximate surface area is 87.3 Å². The summed E-state index contributed by atoms with van der Waals surface area (Å²) in [5.74, 6) is 0. The molecule has 14 heavy (non-hydrogen) atoms. The van der Waals surface area contributed by atoms with E-state index < -0.39 is 5.60 Å². The van der Waals surface area contributed by atoms with Crippen LogP contribution in [-0.4, -0.2) is 36.9 Å². The van der Waals surface area contributed by atoms with E-state index in [-0.39, 0.29) is 6.04 Å². The van der Waals surface area contributed by atoms with Gasteiger partial charge in [0.1, 0.15) is 0 Å². The number of rotatable bonds is 4. The predicted molar refractivity (Wildman–Crippen MR) is 59.4 cm³/mol. The fourth-order valence-corrected chi connectivity index (χ4v) is 2.11. The zero-order chi connectivity index (χ0) is 10.4. The lowest BCUT2D eigenvalue weighted by Crippen LogP contribution is -2.49. The van der Waals surface area contributed by atoms with Gasteiger partial charge in [-0.2, -0.15) is 0 Å². The average molecular weight is 200 g/mol. The normalized spacial score (nSPS) is 28.1. The Balaban J connectivity index is 2.41. The highest BCUT2D eigenvalue weighted by Crippen LogP contribution is 2.21. The van der Waals surface area contributed by atoms with Gasteiger partial charge in [-0.15, -0.1) is 0 Å². The van der Waals surface area contributed by atoms with Gasteiger partial charge in [-0.1, -0.05) is 12.8 Å². The Bertz CT molecular complexity index is 151. The van der Waals surface area contributed by atoms with Crippen LogP contribution >= 0.6 is 0 Å². The van der Waals surface area contributed by atoms with E-state index in [0.29, 0.717) is 0 Å². The second-order valence-electron chi connectivity index (χ2n) is 4.57. The van der Waals surface area contributed by atoms with Gasteiger partial charge in [0, 0.05) is 6.04 Å². The molecule has 2 atom stereocenters.